The summed E-state index contributed by atoms with van der Waals surface area (Å²) in [6.07, 6.45) is 0. The van der Waals surface area contributed by atoms with Crippen molar-refractivity contribution in [2.45, 2.75) is 27.4 Å². The van der Waals surface area contributed by atoms with Crippen LogP contribution >= 0.6 is 12.2 Å². The number of thiocarbonyl (C=S) groups is 1. The molecule has 0 fully saturated rings. The SMILES string of the molecule is Cc1cc(C)c(OCc2c(F)cccc2NC(=S)OCF)cc1C. The topological polar surface area (TPSA) is 30.5 Å². The van der Waals surface area contributed by atoms with Crippen molar-refractivity contribution in [3.8, 4) is 5.75 Å². The lowest BCUT2D eigenvalue weighted by molar-refractivity contribution is 0.184. The van der Waals surface area contributed by atoms with Crippen LogP contribution in [0.3, 0.4) is 0 Å². The number of ether oxygens (including phenoxy) is 2. The van der Waals surface area contributed by atoms with Gasteiger partial charge < -0.3 is 14.8 Å². The molecule has 0 heterocycles. The van der Waals surface area contributed by atoms with Crippen molar-refractivity contribution in [1.82, 2.24) is 0 Å². The maximum atomic E-state index is 14.2. The predicted molar refractivity (Wildman–Crippen MR) is 94.7 cm³/mol. The normalized spacial score (nSPS) is 10.4. The summed E-state index contributed by atoms with van der Waals surface area (Å²) in [7, 11) is 0. The number of nitrogens with one attached hydrogen (secondary N) is 1. The predicted octanol–water partition coefficient (Wildman–Crippen LogP) is 4.97. The van der Waals surface area contributed by atoms with Crippen LogP contribution in [0.15, 0.2) is 30.3 Å². The molecule has 0 aliphatic carbocycles. The number of benzene rings is 2. The smallest absolute Gasteiger partial charge is 0.263 e. The molecule has 1 N–H and O–H groups in total. The first-order chi connectivity index (χ1) is 11.4. The first-order valence-corrected chi connectivity index (χ1v) is 7.81. The third kappa shape index (κ3) is 4.41. The van der Waals surface area contributed by atoms with Crippen LogP contribution in [-0.4, -0.2) is 12.0 Å². The van der Waals surface area contributed by atoms with Crippen LogP contribution in [0.25, 0.3) is 0 Å². The molecule has 2 rings (SSSR count). The molecule has 0 radical (unpaired) electrons. The van der Waals surface area contributed by atoms with E-state index in [1.54, 1.807) is 6.07 Å². The summed E-state index contributed by atoms with van der Waals surface area (Å²) in [5.41, 5.74) is 3.91. The van der Waals surface area contributed by atoms with E-state index in [1.165, 1.54) is 17.7 Å². The second kappa shape index (κ2) is 8.06. The Morgan fingerprint density at radius 1 is 1.12 bits per heavy atom. The average molecular weight is 351 g/mol. The lowest BCUT2D eigenvalue weighted by atomic mass is 10.1. The fourth-order valence-electron chi connectivity index (χ4n) is 2.26. The lowest BCUT2D eigenvalue weighted by Gasteiger charge is -2.16. The standard InChI is InChI=1S/C18H19F2NO2S/c1-11-7-13(3)17(8-12(11)2)22-9-14-15(20)5-4-6-16(14)21-18(24)23-10-19/h4-8H,9-10H2,1-3H3,(H,21,24). The van der Waals surface area contributed by atoms with Gasteiger partial charge in [0.15, 0.2) is 0 Å². The molecule has 2 aromatic rings. The van der Waals surface area contributed by atoms with E-state index >= 15 is 0 Å². The summed E-state index contributed by atoms with van der Waals surface area (Å²) in [5, 5.41) is 2.51. The highest BCUT2D eigenvalue weighted by molar-refractivity contribution is 7.80. The van der Waals surface area contributed by atoms with E-state index in [0.29, 0.717) is 17.0 Å². The van der Waals surface area contributed by atoms with Crippen LogP contribution in [0.4, 0.5) is 14.5 Å². The Morgan fingerprint density at radius 2 is 1.83 bits per heavy atom. The molecule has 0 bridgehead atoms. The van der Waals surface area contributed by atoms with Crippen molar-refractivity contribution in [3.05, 3.63) is 58.4 Å². The van der Waals surface area contributed by atoms with Gasteiger partial charge in [-0.15, -0.1) is 0 Å². The highest BCUT2D eigenvalue weighted by Crippen LogP contribution is 2.26. The van der Waals surface area contributed by atoms with E-state index in [4.69, 9.17) is 17.0 Å². The summed E-state index contributed by atoms with van der Waals surface area (Å²) >= 11 is 4.83. The highest BCUT2D eigenvalue weighted by atomic mass is 32.1. The van der Waals surface area contributed by atoms with Gasteiger partial charge in [-0.3, -0.25) is 0 Å². The van der Waals surface area contributed by atoms with Gasteiger partial charge in [-0.1, -0.05) is 12.1 Å². The summed E-state index contributed by atoms with van der Waals surface area (Å²) in [4.78, 5) is 0. The summed E-state index contributed by atoms with van der Waals surface area (Å²) in [5.74, 6) is 0.249. The van der Waals surface area contributed by atoms with Crippen molar-refractivity contribution in [2.75, 3.05) is 12.2 Å². The van der Waals surface area contributed by atoms with Gasteiger partial charge in [0.25, 0.3) is 5.17 Å². The average Bonchev–Trinajstić information content (AvgIpc) is 2.51. The number of halogens is 2. The van der Waals surface area contributed by atoms with E-state index in [0.717, 1.165) is 11.1 Å². The number of rotatable bonds is 5. The first-order valence-electron chi connectivity index (χ1n) is 7.40. The number of alkyl halides is 1. The molecule has 0 aliphatic heterocycles. The zero-order valence-corrected chi connectivity index (χ0v) is 14.6. The Bertz CT molecular complexity index is 750. The van der Waals surface area contributed by atoms with Gasteiger partial charge in [0.2, 0.25) is 6.86 Å². The molecular formula is C18H19F2NO2S. The van der Waals surface area contributed by atoms with Gasteiger partial charge >= 0.3 is 0 Å². The molecule has 0 aromatic heterocycles. The van der Waals surface area contributed by atoms with Crippen LogP contribution in [0.5, 0.6) is 5.75 Å². The molecule has 24 heavy (non-hydrogen) atoms. The monoisotopic (exact) mass is 351 g/mol. The van der Waals surface area contributed by atoms with Crippen LogP contribution < -0.4 is 10.1 Å². The van der Waals surface area contributed by atoms with Gasteiger partial charge in [0, 0.05) is 5.56 Å². The molecule has 3 nitrogen and oxygen atoms in total. The zero-order valence-electron chi connectivity index (χ0n) is 13.8. The van der Waals surface area contributed by atoms with Gasteiger partial charge in [-0.05, 0) is 67.9 Å². The molecular weight excluding hydrogens is 332 g/mol. The summed E-state index contributed by atoms with van der Waals surface area (Å²) in [6.45, 7) is 4.92. The minimum absolute atomic E-state index is 0.0105. The Balaban J connectivity index is 2.20. The van der Waals surface area contributed by atoms with Crippen molar-refractivity contribution >= 4 is 23.1 Å². The largest absolute Gasteiger partial charge is 0.488 e. The molecule has 2 aromatic carbocycles. The minimum Gasteiger partial charge on any atom is -0.488 e. The van der Waals surface area contributed by atoms with E-state index in [9.17, 15) is 8.78 Å². The number of aryl methyl sites for hydroxylation is 3. The fraction of sp³-hybridized carbons (Fsp3) is 0.278. The maximum Gasteiger partial charge on any atom is 0.263 e. The number of hydrogen-bond acceptors (Lipinski definition) is 3. The molecule has 0 atom stereocenters. The number of hydrogen-bond donors (Lipinski definition) is 1. The third-order valence-electron chi connectivity index (χ3n) is 3.70. The van der Waals surface area contributed by atoms with E-state index < -0.39 is 12.7 Å². The van der Waals surface area contributed by atoms with Crippen molar-refractivity contribution in [1.29, 1.82) is 0 Å². The molecule has 0 saturated carbocycles. The van der Waals surface area contributed by atoms with Gasteiger partial charge in [-0.25, -0.2) is 8.78 Å². The lowest BCUT2D eigenvalue weighted by Crippen LogP contribution is -2.15. The molecule has 128 valence electrons. The number of anilines is 1. The van der Waals surface area contributed by atoms with Gasteiger partial charge in [0.05, 0.1) is 5.69 Å². The van der Waals surface area contributed by atoms with E-state index in [2.05, 4.69) is 10.1 Å². The Kier molecular flexibility index (Phi) is 6.09. The van der Waals surface area contributed by atoms with E-state index in [-0.39, 0.29) is 11.8 Å². The second-order valence-electron chi connectivity index (χ2n) is 5.42. The van der Waals surface area contributed by atoms with Gasteiger partial charge in [0.1, 0.15) is 18.2 Å². The van der Waals surface area contributed by atoms with Crippen molar-refractivity contribution < 1.29 is 18.3 Å². The quantitative estimate of drug-likeness (QED) is 0.771. The summed E-state index contributed by atoms with van der Waals surface area (Å²) < 4.78 is 36.6. The highest BCUT2D eigenvalue weighted by Gasteiger charge is 2.12. The van der Waals surface area contributed by atoms with Crippen molar-refractivity contribution in [3.63, 3.8) is 0 Å². The van der Waals surface area contributed by atoms with Crippen LogP contribution in [0, 0.1) is 26.6 Å². The second-order valence-corrected chi connectivity index (χ2v) is 5.79. The van der Waals surface area contributed by atoms with Crippen LogP contribution in [0.2, 0.25) is 0 Å². The van der Waals surface area contributed by atoms with Crippen molar-refractivity contribution in [2.24, 2.45) is 0 Å². The minimum atomic E-state index is -1.05. The summed E-state index contributed by atoms with van der Waals surface area (Å²) in [6, 6.07) is 8.43. The fourth-order valence-corrected chi connectivity index (χ4v) is 2.41. The molecule has 0 aliphatic rings. The van der Waals surface area contributed by atoms with Gasteiger partial charge in [-0.2, -0.15) is 0 Å². The maximum absolute atomic E-state index is 14.2. The first kappa shape index (κ1) is 18.1. The molecule has 0 unspecified atom stereocenters. The van der Waals surface area contributed by atoms with E-state index in [1.807, 2.05) is 32.9 Å². The molecule has 0 saturated heterocycles. The Hall–Kier alpha value is -2.21. The Labute approximate surface area is 145 Å². The third-order valence-corrected chi connectivity index (χ3v) is 3.92. The molecule has 0 spiro atoms. The Morgan fingerprint density at radius 3 is 2.54 bits per heavy atom. The zero-order chi connectivity index (χ0) is 17.7. The molecule has 0 amide bonds. The van der Waals surface area contributed by atoms with Crippen LogP contribution in [0.1, 0.15) is 22.3 Å². The van der Waals surface area contributed by atoms with Crippen LogP contribution in [-0.2, 0) is 11.3 Å². The molecule has 6 heteroatoms.